The molecule has 0 aromatic carbocycles. The Bertz CT molecular complexity index is 215. The lowest BCUT2D eigenvalue weighted by Crippen LogP contribution is -2.34. The van der Waals surface area contributed by atoms with Gasteiger partial charge in [0.1, 0.15) is 0 Å². The molecule has 0 radical (unpaired) electrons. The van der Waals surface area contributed by atoms with Gasteiger partial charge in [-0.1, -0.05) is 0 Å². The van der Waals surface area contributed by atoms with Crippen LogP contribution >= 0.6 is 25.3 Å². The van der Waals surface area contributed by atoms with Crippen molar-refractivity contribution in [2.45, 2.75) is 19.3 Å². The average molecular weight is 236 g/mol. The first-order valence-corrected chi connectivity index (χ1v) is 5.23. The maximum absolute atomic E-state index is 11.3. The Hall–Kier alpha value is -0.0400. The SMILES string of the molecule is NCCC(CCN)(CC(=O)S)C(=O)S. The van der Waals surface area contributed by atoms with E-state index in [0.29, 0.717) is 25.9 Å². The van der Waals surface area contributed by atoms with Crippen molar-refractivity contribution >= 4 is 35.5 Å². The number of carbonyl (C=O) groups is 2. The van der Waals surface area contributed by atoms with E-state index in [-0.39, 0.29) is 16.7 Å². The molecule has 0 saturated carbocycles. The molecule has 0 fully saturated rings. The van der Waals surface area contributed by atoms with Crippen molar-refractivity contribution in [2.24, 2.45) is 16.9 Å². The van der Waals surface area contributed by atoms with Gasteiger partial charge in [-0.05, 0) is 25.9 Å². The number of carbonyl (C=O) groups excluding carboxylic acids is 2. The van der Waals surface area contributed by atoms with Crippen LogP contribution in [0, 0.1) is 5.41 Å². The van der Waals surface area contributed by atoms with Gasteiger partial charge >= 0.3 is 0 Å². The Labute approximate surface area is 94.6 Å². The molecule has 4 N–H and O–H groups in total. The standard InChI is InChI=1S/C8H16N2O2S2/c9-3-1-8(2-4-10,7(12)14)5-6(11)13/h1-5,9-10H2,(H,11,13)(H,12,14). The van der Waals surface area contributed by atoms with E-state index in [2.05, 4.69) is 25.3 Å². The second kappa shape index (κ2) is 6.44. The molecule has 0 unspecified atom stereocenters. The van der Waals surface area contributed by atoms with Gasteiger partial charge in [0.15, 0.2) is 10.2 Å². The van der Waals surface area contributed by atoms with Crippen LogP contribution in [0.3, 0.4) is 0 Å². The first-order valence-electron chi connectivity index (χ1n) is 4.34. The summed E-state index contributed by atoms with van der Waals surface area (Å²) >= 11 is 7.45. The third kappa shape index (κ3) is 4.00. The highest BCUT2D eigenvalue weighted by Crippen LogP contribution is 2.33. The van der Waals surface area contributed by atoms with E-state index < -0.39 is 5.41 Å². The molecular formula is C8H16N2O2S2. The average Bonchev–Trinajstić information content (AvgIpc) is 2.03. The fourth-order valence-electron chi connectivity index (χ4n) is 1.43. The van der Waals surface area contributed by atoms with E-state index in [1.54, 1.807) is 0 Å². The van der Waals surface area contributed by atoms with Crippen molar-refractivity contribution < 1.29 is 9.59 Å². The third-order valence-electron chi connectivity index (χ3n) is 2.19. The predicted molar refractivity (Wildman–Crippen MR) is 62.4 cm³/mol. The molecule has 0 atom stereocenters. The predicted octanol–water partition coefficient (Wildman–Crippen LogP) is -0.0267. The fourth-order valence-corrected chi connectivity index (χ4v) is 2.04. The molecule has 0 aromatic heterocycles. The third-order valence-corrected chi connectivity index (χ3v) is 2.82. The van der Waals surface area contributed by atoms with Crippen LogP contribution in [0.1, 0.15) is 19.3 Å². The smallest absolute Gasteiger partial charge is 0.192 e. The van der Waals surface area contributed by atoms with Crippen molar-refractivity contribution in [3.63, 3.8) is 0 Å². The lowest BCUT2D eigenvalue weighted by atomic mass is 9.79. The molecule has 82 valence electrons. The summed E-state index contributed by atoms with van der Waals surface area (Å²) in [6.45, 7) is 0.653. The Morgan fingerprint density at radius 1 is 1.07 bits per heavy atom. The normalized spacial score (nSPS) is 11.4. The summed E-state index contributed by atoms with van der Waals surface area (Å²) in [4.78, 5) is 22.3. The molecule has 0 aliphatic rings. The van der Waals surface area contributed by atoms with Gasteiger partial charge in [-0.15, -0.1) is 25.3 Å². The second-order valence-electron chi connectivity index (χ2n) is 3.23. The van der Waals surface area contributed by atoms with Crippen molar-refractivity contribution in [1.29, 1.82) is 0 Å². The van der Waals surface area contributed by atoms with Crippen LogP contribution < -0.4 is 11.5 Å². The number of hydrogen-bond acceptors (Lipinski definition) is 4. The summed E-state index contributed by atoms with van der Waals surface area (Å²) in [6, 6.07) is 0. The van der Waals surface area contributed by atoms with Gasteiger partial charge in [0, 0.05) is 11.8 Å². The zero-order valence-corrected chi connectivity index (χ0v) is 9.69. The number of thiol groups is 2. The fraction of sp³-hybridized carbons (Fsp3) is 0.750. The monoisotopic (exact) mass is 236 g/mol. The molecule has 0 aliphatic carbocycles. The van der Waals surface area contributed by atoms with Crippen molar-refractivity contribution in [3.8, 4) is 0 Å². The van der Waals surface area contributed by atoms with Crippen molar-refractivity contribution in [3.05, 3.63) is 0 Å². The minimum atomic E-state index is -0.828. The molecule has 0 aliphatic heterocycles. The van der Waals surface area contributed by atoms with E-state index in [0.717, 1.165) is 0 Å². The molecule has 4 nitrogen and oxygen atoms in total. The molecule has 0 rings (SSSR count). The van der Waals surface area contributed by atoms with E-state index in [9.17, 15) is 9.59 Å². The van der Waals surface area contributed by atoms with Crippen LogP contribution in [0.25, 0.3) is 0 Å². The highest BCUT2D eigenvalue weighted by molar-refractivity contribution is 7.97. The maximum atomic E-state index is 11.3. The highest BCUT2D eigenvalue weighted by Gasteiger charge is 2.36. The second-order valence-corrected chi connectivity index (χ2v) is 4.14. The summed E-state index contributed by atoms with van der Waals surface area (Å²) in [6.07, 6.45) is 0.879. The van der Waals surface area contributed by atoms with E-state index in [1.165, 1.54) is 0 Å². The highest BCUT2D eigenvalue weighted by atomic mass is 32.1. The van der Waals surface area contributed by atoms with E-state index >= 15 is 0 Å². The molecule has 0 aromatic rings. The molecule has 0 bridgehead atoms. The molecule has 0 saturated heterocycles. The maximum Gasteiger partial charge on any atom is 0.192 e. The van der Waals surface area contributed by atoms with Gasteiger partial charge in [-0.2, -0.15) is 0 Å². The Balaban J connectivity index is 4.73. The summed E-state index contributed by atoms with van der Waals surface area (Å²) in [5.74, 6) is 0. The van der Waals surface area contributed by atoms with Gasteiger partial charge in [-0.3, -0.25) is 9.59 Å². The summed E-state index contributed by atoms with van der Waals surface area (Å²) < 4.78 is 0. The molecular weight excluding hydrogens is 220 g/mol. The lowest BCUT2D eigenvalue weighted by Gasteiger charge is -2.28. The van der Waals surface area contributed by atoms with Gasteiger partial charge in [0.25, 0.3) is 0 Å². The van der Waals surface area contributed by atoms with Crippen LogP contribution in [-0.2, 0) is 9.59 Å². The molecule has 0 amide bonds. The number of nitrogens with two attached hydrogens (primary N) is 2. The summed E-state index contributed by atoms with van der Waals surface area (Å²) in [7, 11) is 0. The minimum absolute atomic E-state index is 0.0485. The van der Waals surface area contributed by atoms with Crippen LogP contribution in [0.15, 0.2) is 0 Å². The van der Waals surface area contributed by atoms with Gasteiger partial charge < -0.3 is 11.5 Å². The molecule has 6 heteroatoms. The topological polar surface area (TPSA) is 86.2 Å². The Kier molecular flexibility index (Phi) is 6.43. The molecule has 0 heterocycles. The van der Waals surface area contributed by atoms with Gasteiger partial charge in [0.2, 0.25) is 0 Å². The van der Waals surface area contributed by atoms with Crippen LogP contribution in [0.5, 0.6) is 0 Å². The largest absolute Gasteiger partial charge is 0.330 e. The number of hydrogen-bond donors (Lipinski definition) is 4. The van der Waals surface area contributed by atoms with E-state index in [4.69, 9.17) is 11.5 Å². The minimum Gasteiger partial charge on any atom is -0.330 e. The van der Waals surface area contributed by atoms with E-state index in [1.807, 2.05) is 0 Å². The first kappa shape index (κ1) is 14.0. The van der Waals surface area contributed by atoms with Crippen molar-refractivity contribution in [2.75, 3.05) is 13.1 Å². The summed E-state index contributed by atoms with van der Waals surface area (Å²) in [5, 5.41) is -0.676. The van der Waals surface area contributed by atoms with Crippen molar-refractivity contribution in [1.82, 2.24) is 0 Å². The molecule has 14 heavy (non-hydrogen) atoms. The van der Waals surface area contributed by atoms with Crippen LogP contribution in [-0.4, -0.2) is 23.3 Å². The number of rotatable bonds is 7. The van der Waals surface area contributed by atoms with Gasteiger partial charge in [-0.25, -0.2) is 0 Å². The summed E-state index contributed by atoms with van der Waals surface area (Å²) in [5.41, 5.74) is 9.96. The van der Waals surface area contributed by atoms with Crippen LogP contribution in [0.4, 0.5) is 0 Å². The first-order chi connectivity index (χ1) is 6.48. The quantitative estimate of drug-likeness (QED) is 0.468. The lowest BCUT2D eigenvalue weighted by molar-refractivity contribution is -0.125. The van der Waals surface area contributed by atoms with Gasteiger partial charge in [0.05, 0.1) is 0 Å². The zero-order chi connectivity index (χ0) is 11.2. The zero-order valence-electron chi connectivity index (χ0n) is 7.90. The van der Waals surface area contributed by atoms with Crippen LogP contribution in [0.2, 0.25) is 0 Å². The Morgan fingerprint density at radius 2 is 1.50 bits per heavy atom. The Morgan fingerprint density at radius 3 is 1.71 bits per heavy atom. The molecule has 0 spiro atoms.